The van der Waals surface area contributed by atoms with Crippen molar-refractivity contribution in [1.29, 1.82) is 0 Å². The van der Waals surface area contributed by atoms with Crippen molar-refractivity contribution in [2.45, 2.75) is 4.90 Å². The Kier molecular flexibility index (Phi) is 2.49. The molecule has 0 radical (unpaired) electrons. The maximum atomic E-state index is 10.9. The topological polar surface area (TPSA) is 68.3 Å². The monoisotopic (exact) mass is 206 g/mol. The van der Waals surface area contributed by atoms with Crippen molar-refractivity contribution in [1.82, 2.24) is 0 Å². The van der Waals surface area contributed by atoms with Gasteiger partial charge in [-0.15, -0.1) is 0 Å². The summed E-state index contributed by atoms with van der Waals surface area (Å²) in [5, 5.41) is 0. The molecule has 0 bridgehead atoms. The number of thiol groups is 1. The summed E-state index contributed by atoms with van der Waals surface area (Å²) in [5.74, 6) is 0. The summed E-state index contributed by atoms with van der Waals surface area (Å²) in [4.78, 5) is -0.193. The second kappa shape index (κ2) is 3.24. The first kappa shape index (κ1) is 9.21. The summed E-state index contributed by atoms with van der Waals surface area (Å²) in [6.45, 7) is 0. The Balaban J connectivity index is 3.35. The van der Waals surface area contributed by atoms with Crippen LogP contribution >= 0.6 is 0 Å². The lowest BCUT2D eigenvalue weighted by Crippen LogP contribution is -2.01. The van der Waals surface area contributed by atoms with Gasteiger partial charge in [0, 0.05) is 0 Å². The summed E-state index contributed by atoms with van der Waals surface area (Å²) in [6, 6.07) is 7.01. The Morgan fingerprint density at radius 3 is 1.92 bits per heavy atom. The Labute approximate surface area is 71.1 Å². The molecule has 0 unspecified atom stereocenters. The Morgan fingerprint density at radius 1 is 1.00 bits per heavy atom. The van der Waals surface area contributed by atoms with E-state index in [-0.39, 0.29) is 4.90 Å². The summed E-state index contributed by atoms with van der Waals surface area (Å²) < 4.78 is 42.4. The maximum Gasteiger partial charge on any atom is 0.279 e. The van der Waals surface area contributed by atoms with Crippen molar-refractivity contribution >= 4 is 18.6 Å². The van der Waals surface area contributed by atoms with Gasteiger partial charge in [0.05, 0.1) is 4.90 Å². The Hall–Kier alpha value is -0.880. The van der Waals surface area contributed by atoms with Crippen molar-refractivity contribution in [3.63, 3.8) is 0 Å². The number of hydrogen-bond acceptors (Lipinski definition) is 4. The van der Waals surface area contributed by atoms with Crippen LogP contribution in [0.3, 0.4) is 0 Å². The molecule has 0 saturated carbocycles. The second-order valence-electron chi connectivity index (χ2n) is 2.01. The minimum Gasteiger partial charge on any atom is -0.215 e. The molecule has 0 aliphatic rings. The molecule has 4 nitrogen and oxygen atoms in total. The van der Waals surface area contributed by atoms with Crippen LogP contribution in [0.5, 0.6) is 0 Å². The van der Waals surface area contributed by atoms with Gasteiger partial charge in [0.25, 0.3) is 8.87 Å². The van der Waals surface area contributed by atoms with Crippen LogP contribution < -0.4 is 0 Å². The quantitative estimate of drug-likeness (QED) is 0.545. The summed E-state index contributed by atoms with van der Waals surface area (Å²) in [5.41, 5.74) is 0. The van der Waals surface area contributed by atoms with Crippen LogP contribution in [0.25, 0.3) is 0 Å². The largest absolute Gasteiger partial charge is 0.279 e. The van der Waals surface area contributed by atoms with Crippen molar-refractivity contribution in [3.05, 3.63) is 30.3 Å². The third kappa shape index (κ3) is 1.64. The van der Waals surface area contributed by atoms with Gasteiger partial charge in [-0.05, 0) is 12.1 Å². The average Bonchev–Trinajstić information content (AvgIpc) is 2.06. The highest BCUT2D eigenvalue weighted by Crippen LogP contribution is 2.09. The van der Waals surface area contributed by atoms with Gasteiger partial charge in [-0.1, -0.05) is 18.2 Å². The van der Waals surface area contributed by atoms with Crippen molar-refractivity contribution in [2.24, 2.45) is 0 Å². The molecule has 6 heteroatoms. The van der Waals surface area contributed by atoms with Crippen molar-refractivity contribution < 1.29 is 16.8 Å². The van der Waals surface area contributed by atoms with Gasteiger partial charge in [0.1, 0.15) is 0 Å². The molecule has 66 valence electrons. The first-order valence-corrected chi connectivity index (χ1v) is 6.26. The predicted octanol–water partition coefficient (Wildman–Crippen LogP) is -0.0133. The lowest BCUT2D eigenvalue weighted by molar-refractivity contribution is 0.592. The summed E-state index contributed by atoms with van der Waals surface area (Å²) in [7, 11) is -7.57. The highest BCUT2D eigenvalue weighted by atomic mass is 33.1. The van der Waals surface area contributed by atoms with E-state index in [0.29, 0.717) is 0 Å². The van der Waals surface area contributed by atoms with Crippen LogP contribution in [0.4, 0.5) is 0 Å². The summed E-state index contributed by atoms with van der Waals surface area (Å²) >= 11 is 0. The molecule has 0 saturated heterocycles. The van der Waals surface area contributed by atoms with Gasteiger partial charge < -0.3 is 0 Å². The Morgan fingerprint density at radius 2 is 1.50 bits per heavy atom. The van der Waals surface area contributed by atoms with E-state index in [0.717, 1.165) is 0 Å². The third-order valence-corrected chi connectivity index (χ3v) is 4.31. The van der Waals surface area contributed by atoms with Crippen LogP contribution in [0.1, 0.15) is 0 Å². The minimum atomic E-state index is -4.12. The molecule has 0 heterocycles. The minimum absolute atomic E-state index is 0.193. The van der Waals surface area contributed by atoms with E-state index >= 15 is 0 Å². The third-order valence-electron chi connectivity index (χ3n) is 1.24. The standard InChI is InChI=1S/C6H6O4S2/c7-11(8)12(9,10)6-4-2-1-3-5-6/h1-5,11H. The van der Waals surface area contributed by atoms with E-state index in [9.17, 15) is 16.8 Å². The smallest absolute Gasteiger partial charge is 0.215 e. The van der Waals surface area contributed by atoms with E-state index in [1.165, 1.54) is 24.3 Å². The van der Waals surface area contributed by atoms with Crippen LogP contribution in [0.2, 0.25) is 0 Å². The lowest BCUT2D eigenvalue weighted by Gasteiger charge is -1.93. The van der Waals surface area contributed by atoms with E-state index in [1.807, 2.05) is 0 Å². The molecular formula is C6H6O4S2. The fourth-order valence-corrected chi connectivity index (χ4v) is 2.23. The first-order valence-electron chi connectivity index (χ1n) is 3.00. The zero-order valence-electron chi connectivity index (χ0n) is 5.88. The number of rotatable bonds is 2. The summed E-state index contributed by atoms with van der Waals surface area (Å²) in [6.07, 6.45) is 0. The Bertz CT molecular complexity index is 422. The van der Waals surface area contributed by atoms with E-state index < -0.39 is 18.6 Å². The molecule has 1 rings (SSSR count). The normalized spacial score (nSPS) is 11.8. The van der Waals surface area contributed by atoms with Gasteiger partial charge in [-0.2, -0.15) is 0 Å². The molecule has 12 heavy (non-hydrogen) atoms. The maximum absolute atomic E-state index is 10.9. The SMILES string of the molecule is O=[SH](=O)S(=O)(=O)c1ccccc1. The second-order valence-corrected chi connectivity index (χ2v) is 6.22. The molecule has 0 spiro atoms. The van der Waals surface area contributed by atoms with E-state index in [2.05, 4.69) is 0 Å². The molecule has 0 fully saturated rings. The van der Waals surface area contributed by atoms with Crippen LogP contribution in [-0.2, 0) is 18.6 Å². The van der Waals surface area contributed by atoms with Gasteiger partial charge in [-0.25, -0.2) is 16.8 Å². The van der Waals surface area contributed by atoms with Gasteiger partial charge in [-0.3, -0.25) is 0 Å². The molecule has 0 atom stereocenters. The van der Waals surface area contributed by atoms with Gasteiger partial charge >= 0.3 is 0 Å². The molecule has 0 N–H and O–H groups in total. The van der Waals surface area contributed by atoms with Gasteiger partial charge in [0.15, 0.2) is 0 Å². The number of benzene rings is 1. The van der Waals surface area contributed by atoms with E-state index in [1.54, 1.807) is 6.07 Å². The van der Waals surface area contributed by atoms with Crippen molar-refractivity contribution in [2.75, 3.05) is 0 Å². The van der Waals surface area contributed by atoms with Crippen LogP contribution in [0, 0.1) is 0 Å². The molecular weight excluding hydrogens is 200 g/mol. The number of hydrogen-bond donors (Lipinski definition) is 1. The molecule has 1 aromatic carbocycles. The van der Waals surface area contributed by atoms with Crippen LogP contribution in [-0.4, -0.2) is 16.8 Å². The molecule has 0 aliphatic carbocycles. The predicted molar refractivity (Wildman–Crippen MR) is 43.9 cm³/mol. The molecule has 1 aromatic rings. The zero-order valence-corrected chi connectivity index (χ0v) is 7.59. The van der Waals surface area contributed by atoms with Gasteiger partial charge in [0.2, 0.25) is 9.74 Å². The fourth-order valence-electron chi connectivity index (χ4n) is 0.679. The molecule has 0 aliphatic heterocycles. The fraction of sp³-hybridized carbons (Fsp3) is 0. The first-order chi connectivity index (χ1) is 5.55. The van der Waals surface area contributed by atoms with Crippen molar-refractivity contribution in [3.8, 4) is 0 Å². The zero-order chi connectivity index (χ0) is 9.19. The highest BCUT2D eigenvalue weighted by Gasteiger charge is 2.15. The van der Waals surface area contributed by atoms with E-state index in [4.69, 9.17) is 0 Å². The average molecular weight is 206 g/mol. The highest BCUT2D eigenvalue weighted by molar-refractivity contribution is 8.59. The lowest BCUT2D eigenvalue weighted by atomic mass is 10.4. The molecule has 0 aromatic heterocycles. The molecule has 0 amide bonds. The van der Waals surface area contributed by atoms with Crippen LogP contribution in [0.15, 0.2) is 35.2 Å².